The van der Waals surface area contributed by atoms with Gasteiger partial charge in [-0.25, -0.2) is 14.5 Å². The number of imidazole rings is 1. The van der Waals surface area contributed by atoms with E-state index in [9.17, 15) is 14.4 Å². The smallest absolute Gasteiger partial charge is 0.409 e. The number of primary amides is 1. The second-order valence-electron chi connectivity index (χ2n) is 9.04. The molecule has 0 saturated heterocycles. The average molecular weight is 530 g/mol. The minimum absolute atomic E-state index is 0.0106. The molecule has 0 fully saturated rings. The molecule has 0 saturated carbocycles. The lowest BCUT2D eigenvalue weighted by Gasteiger charge is -2.28. The van der Waals surface area contributed by atoms with Gasteiger partial charge in [-0.05, 0) is 55.0 Å². The Hall–Kier alpha value is -5.13. The van der Waals surface area contributed by atoms with E-state index in [0.717, 1.165) is 5.69 Å². The normalized spacial score (nSPS) is 12.7. The maximum absolute atomic E-state index is 13.8. The topological polar surface area (TPSA) is 138 Å². The first kappa shape index (κ1) is 25.5. The predicted molar refractivity (Wildman–Crippen MR) is 141 cm³/mol. The van der Waals surface area contributed by atoms with Gasteiger partial charge in [-0.3, -0.25) is 9.59 Å². The molecule has 0 radical (unpaired) electrons. The zero-order valence-corrected chi connectivity index (χ0v) is 21.7. The summed E-state index contributed by atoms with van der Waals surface area (Å²) in [4.78, 5) is 45.0. The van der Waals surface area contributed by atoms with Crippen LogP contribution in [0, 0.1) is 0 Å². The molecule has 0 aliphatic carbocycles. The number of hydrogen-bond donors (Lipinski definition) is 1. The van der Waals surface area contributed by atoms with E-state index in [0.29, 0.717) is 47.2 Å². The number of amides is 3. The number of nitrogens with zero attached hydrogens (tertiary/aromatic N) is 6. The number of aromatic nitrogens is 4. The van der Waals surface area contributed by atoms with Crippen LogP contribution in [0.2, 0.25) is 0 Å². The van der Waals surface area contributed by atoms with Gasteiger partial charge in [0.1, 0.15) is 11.4 Å². The lowest BCUT2D eigenvalue weighted by atomic mass is 10.0. The zero-order valence-electron chi connectivity index (χ0n) is 21.7. The van der Waals surface area contributed by atoms with Gasteiger partial charge in [0.15, 0.2) is 18.1 Å². The summed E-state index contributed by atoms with van der Waals surface area (Å²) < 4.78 is 13.8. The number of carbonyl (C=O) groups excluding carboxylic acids is 3. The number of rotatable bonds is 7. The quantitative estimate of drug-likeness (QED) is 0.388. The molecule has 2 aromatic heterocycles. The summed E-state index contributed by atoms with van der Waals surface area (Å²) in [6.07, 6.45) is 3.35. The highest BCUT2D eigenvalue weighted by Crippen LogP contribution is 2.30. The Labute approximate surface area is 224 Å². The highest BCUT2D eigenvalue weighted by atomic mass is 16.6. The van der Waals surface area contributed by atoms with Gasteiger partial charge in [0.05, 0.1) is 12.8 Å². The minimum Gasteiger partial charge on any atom is -0.497 e. The summed E-state index contributed by atoms with van der Waals surface area (Å²) in [6, 6.07) is 14.4. The molecule has 39 heavy (non-hydrogen) atoms. The molecular weight excluding hydrogens is 502 g/mol. The standard InChI is InChI=1S/C27H27N7O5/c1-31(2)27(37)39-16-22-29-13-15-32(22)17-4-6-18(7-5-17)33-14-12-21-23(25(28)35)30-34(24(21)26(33)36)19-8-10-20(38-3)11-9-19/h4-11,13,15H,12,14,16H2,1-3H3,(H2,28,35). The Bertz CT molecular complexity index is 1540. The zero-order chi connectivity index (χ0) is 27.7. The fraction of sp³-hybridized carbons (Fsp3) is 0.222. The van der Waals surface area contributed by atoms with Gasteiger partial charge in [0.25, 0.3) is 11.8 Å². The van der Waals surface area contributed by atoms with Crippen LogP contribution in [-0.4, -0.2) is 69.9 Å². The second-order valence-corrected chi connectivity index (χ2v) is 9.04. The average Bonchev–Trinajstić information content (AvgIpc) is 3.57. The molecule has 0 spiro atoms. The molecule has 1 aliphatic heterocycles. The Morgan fingerprint density at radius 3 is 2.33 bits per heavy atom. The summed E-state index contributed by atoms with van der Waals surface area (Å²) in [6.45, 7) is 0.368. The highest BCUT2D eigenvalue weighted by molar-refractivity contribution is 6.09. The molecule has 12 heteroatoms. The summed E-state index contributed by atoms with van der Waals surface area (Å²) in [5.41, 5.74) is 8.59. The first-order chi connectivity index (χ1) is 18.8. The van der Waals surface area contributed by atoms with Gasteiger partial charge in [-0.2, -0.15) is 5.10 Å². The van der Waals surface area contributed by atoms with E-state index in [1.54, 1.807) is 67.3 Å². The third-order valence-electron chi connectivity index (χ3n) is 6.41. The number of carbonyl (C=O) groups is 3. The maximum atomic E-state index is 13.8. The van der Waals surface area contributed by atoms with E-state index in [4.69, 9.17) is 15.2 Å². The van der Waals surface area contributed by atoms with Crippen LogP contribution in [0.1, 0.15) is 32.4 Å². The molecule has 0 bridgehead atoms. The van der Waals surface area contributed by atoms with Crippen molar-refractivity contribution in [1.29, 1.82) is 0 Å². The van der Waals surface area contributed by atoms with Gasteiger partial charge in [0, 0.05) is 50.0 Å². The first-order valence-electron chi connectivity index (χ1n) is 12.1. The largest absolute Gasteiger partial charge is 0.497 e. The van der Waals surface area contributed by atoms with Crippen LogP contribution in [0.3, 0.4) is 0 Å². The van der Waals surface area contributed by atoms with Crippen LogP contribution in [0.4, 0.5) is 10.5 Å². The van der Waals surface area contributed by atoms with Crippen molar-refractivity contribution in [3.05, 3.63) is 83.7 Å². The van der Waals surface area contributed by atoms with Crippen molar-refractivity contribution in [1.82, 2.24) is 24.2 Å². The molecule has 1 aliphatic rings. The van der Waals surface area contributed by atoms with E-state index in [-0.39, 0.29) is 18.2 Å². The fourth-order valence-corrected chi connectivity index (χ4v) is 4.44. The fourth-order valence-electron chi connectivity index (χ4n) is 4.44. The van der Waals surface area contributed by atoms with Crippen molar-refractivity contribution in [3.8, 4) is 17.1 Å². The van der Waals surface area contributed by atoms with Crippen molar-refractivity contribution < 1.29 is 23.9 Å². The molecule has 200 valence electrons. The number of anilines is 1. The van der Waals surface area contributed by atoms with Gasteiger partial charge >= 0.3 is 6.09 Å². The molecule has 5 rings (SSSR count). The van der Waals surface area contributed by atoms with E-state index in [1.165, 1.54) is 9.58 Å². The van der Waals surface area contributed by atoms with Crippen molar-refractivity contribution in [3.63, 3.8) is 0 Å². The molecule has 4 aromatic rings. The molecule has 0 unspecified atom stereocenters. The minimum atomic E-state index is -0.684. The van der Waals surface area contributed by atoms with Crippen LogP contribution in [-0.2, 0) is 17.8 Å². The van der Waals surface area contributed by atoms with E-state index >= 15 is 0 Å². The van der Waals surface area contributed by atoms with Crippen molar-refractivity contribution >= 4 is 23.6 Å². The first-order valence-corrected chi connectivity index (χ1v) is 12.1. The molecule has 12 nitrogen and oxygen atoms in total. The number of ether oxygens (including phenoxy) is 2. The van der Waals surface area contributed by atoms with Crippen LogP contribution in [0.15, 0.2) is 60.9 Å². The number of hydrogen-bond acceptors (Lipinski definition) is 7. The van der Waals surface area contributed by atoms with Gasteiger partial charge in [0.2, 0.25) is 0 Å². The number of methoxy groups -OCH3 is 1. The lowest BCUT2D eigenvalue weighted by molar-refractivity contribution is 0.0972. The third kappa shape index (κ3) is 4.79. The summed E-state index contributed by atoms with van der Waals surface area (Å²) in [7, 11) is 4.78. The lowest BCUT2D eigenvalue weighted by Crippen LogP contribution is -2.39. The van der Waals surface area contributed by atoms with E-state index in [2.05, 4.69) is 10.1 Å². The summed E-state index contributed by atoms with van der Waals surface area (Å²) in [5.74, 6) is 0.231. The highest BCUT2D eigenvalue weighted by Gasteiger charge is 2.34. The van der Waals surface area contributed by atoms with Crippen LogP contribution in [0.25, 0.3) is 11.4 Å². The Balaban J connectivity index is 1.43. The van der Waals surface area contributed by atoms with Crippen LogP contribution >= 0.6 is 0 Å². The molecule has 2 N–H and O–H groups in total. The monoisotopic (exact) mass is 529 g/mol. The molecule has 3 amide bonds. The van der Waals surface area contributed by atoms with Crippen LogP contribution in [0.5, 0.6) is 5.75 Å². The Kier molecular flexibility index (Phi) is 6.75. The summed E-state index contributed by atoms with van der Waals surface area (Å²) >= 11 is 0. The van der Waals surface area contributed by atoms with Gasteiger partial charge in [-0.1, -0.05) is 0 Å². The van der Waals surface area contributed by atoms with Gasteiger partial charge in [-0.15, -0.1) is 0 Å². The number of nitrogens with two attached hydrogens (primary N) is 1. The number of fused-ring (bicyclic) bond motifs is 1. The number of benzene rings is 2. The molecule has 0 atom stereocenters. The molecule has 2 aromatic carbocycles. The predicted octanol–water partition coefficient (Wildman–Crippen LogP) is 2.57. The summed E-state index contributed by atoms with van der Waals surface area (Å²) in [5, 5.41) is 4.40. The van der Waals surface area contributed by atoms with Crippen molar-refractivity contribution in [2.24, 2.45) is 5.73 Å². The van der Waals surface area contributed by atoms with Crippen LogP contribution < -0.4 is 15.4 Å². The molecular formula is C27H27N7O5. The van der Waals surface area contributed by atoms with E-state index in [1.807, 2.05) is 24.3 Å². The maximum Gasteiger partial charge on any atom is 0.409 e. The van der Waals surface area contributed by atoms with E-state index < -0.39 is 12.0 Å². The van der Waals surface area contributed by atoms with Crippen molar-refractivity contribution in [2.45, 2.75) is 13.0 Å². The molecule has 3 heterocycles. The Morgan fingerprint density at radius 2 is 1.69 bits per heavy atom. The Morgan fingerprint density at radius 1 is 1.03 bits per heavy atom. The van der Waals surface area contributed by atoms with Gasteiger partial charge < -0.3 is 29.6 Å². The SMILES string of the molecule is COc1ccc(-n2nc(C(N)=O)c3c2C(=O)N(c2ccc(-n4ccnc4COC(=O)N(C)C)cc2)CC3)cc1. The third-order valence-corrected chi connectivity index (χ3v) is 6.41. The van der Waals surface area contributed by atoms with Crippen molar-refractivity contribution in [2.75, 3.05) is 32.6 Å². The second kappa shape index (κ2) is 10.3.